The van der Waals surface area contributed by atoms with Crippen LogP contribution in [0, 0.1) is 5.82 Å². The van der Waals surface area contributed by atoms with Gasteiger partial charge in [0.15, 0.2) is 0 Å². The first-order chi connectivity index (χ1) is 8.19. The fourth-order valence-corrected chi connectivity index (χ4v) is 1.73. The van der Waals surface area contributed by atoms with E-state index < -0.39 is 0 Å². The lowest BCUT2D eigenvalue weighted by Gasteiger charge is -2.07. The zero-order valence-corrected chi connectivity index (χ0v) is 10.4. The Morgan fingerprint density at radius 2 is 2.12 bits per heavy atom. The van der Waals surface area contributed by atoms with Crippen LogP contribution in [0.25, 0.3) is 0 Å². The minimum absolute atomic E-state index is 0.326. The summed E-state index contributed by atoms with van der Waals surface area (Å²) in [5.41, 5.74) is 6.22. The van der Waals surface area contributed by atoms with Gasteiger partial charge in [0.05, 0.1) is 10.2 Å². The van der Waals surface area contributed by atoms with E-state index in [0.717, 1.165) is 5.69 Å². The number of aromatic nitrogens is 1. The Morgan fingerprint density at radius 1 is 1.29 bits per heavy atom. The topological polar surface area (TPSA) is 48.1 Å². The van der Waals surface area contributed by atoms with Gasteiger partial charge in [-0.2, -0.15) is 0 Å². The molecule has 0 fully saturated rings. The van der Waals surface area contributed by atoms with Crippen LogP contribution in [0.1, 0.15) is 5.69 Å². The van der Waals surface area contributed by atoms with Crippen molar-refractivity contribution in [2.75, 3.05) is 0 Å². The number of nitrogens with two attached hydrogens (primary N) is 1. The molecule has 17 heavy (non-hydrogen) atoms. The average molecular weight is 297 g/mol. The van der Waals surface area contributed by atoms with Crippen molar-refractivity contribution < 1.29 is 9.13 Å². The fraction of sp³-hybridized carbons (Fsp3) is 0.0833. The summed E-state index contributed by atoms with van der Waals surface area (Å²) >= 11 is 3.22. The molecule has 0 radical (unpaired) electrons. The molecule has 0 saturated heterocycles. The first kappa shape index (κ1) is 12.0. The van der Waals surface area contributed by atoms with Crippen LogP contribution in [0.3, 0.4) is 0 Å². The van der Waals surface area contributed by atoms with Gasteiger partial charge in [0.2, 0.25) is 5.88 Å². The number of benzene rings is 1. The van der Waals surface area contributed by atoms with E-state index in [1.54, 1.807) is 6.07 Å². The van der Waals surface area contributed by atoms with Crippen molar-refractivity contribution >= 4 is 15.9 Å². The first-order valence-electron chi connectivity index (χ1n) is 4.98. The van der Waals surface area contributed by atoms with Gasteiger partial charge < -0.3 is 10.5 Å². The third-order valence-corrected chi connectivity index (χ3v) is 2.72. The van der Waals surface area contributed by atoms with Crippen LogP contribution in [0.5, 0.6) is 11.6 Å². The van der Waals surface area contributed by atoms with Gasteiger partial charge >= 0.3 is 0 Å². The second-order valence-electron chi connectivity index (χ2n) is 3.35. The molecule has 0 spiro atoms. The van der Waals surface area contributed by atoms with Crippen molar-refractivity contribution in [2.24, 2.45) is 5.73 Å². The quantitative estimate of drug-likeness (QED) is 0.946. The second kappa shape index (κ2) is 5.25. The van der Waals surface area contributed by atoms with Crippen molar-refractivity contribution in [1.82, 2.24) is 4.98 Å². The van der Waals surface area contributed by atoms with Crippen molar-refractivity contribution in [3.05, 3.63) is 52.4 Å². The van der Waals surface area contributed by atoms with E-state index in [1.807, 2.05) is 12.1 Å². The SMILES string of the molecule is NCc1cccc(Oc2ccc(F)cc2Br)n1. The zero-order valence-electron chi connectivity index (χ0n) is 8.86. The van der Waals surface area contributed by atoms with Crippen LogP contribution in [0.4, 0.5) is 4.39 Å². The molecule has 3 nitrogen and oxygen atoms in total. The van der Waals surface area contributed by atoms with Gasteiger partial charge in [0.25, 0.3) is 0 Å². The van der Waals surface area contributed by atoms with Crippen molar-refractivity contribution in [2.45, 2.75) is 6.54 Å². The molecule has 0 aliphatic rings. The lowest BCUT2D eigenvalue weighted by atomic mass is 10.3. The van der Waals surface area contributed by atoms with Gasteiger partial charge in [-0.3, -0.25) is 0 Å². The molecule has 0 amide bonds. The van der Waals surface area contributed by atoms with Gasteiger partial charge in [-0.25, -0.2) is 9.37 Å². The summed E-state index contributed by atoms with van der Waals surface area (Å²) in [7, 11) is 0. The summed E-state index contributed by atoms with van der Waals surface area (Å²) in [5.74, 6) is 0.612. The molecular formula is C12H10BrFN2O. The lowest BCUT2D eigenvalue weighted by molar-refractivity contribution is 0.456. The fourth-order valence-electron chi connectivity index (χ4n) is 1.30. The summed E-state index contributed by atoms with van der Waals surface area (Å²) in [6.07, 6.45) is 0. The molecule has 2 N–H and O–H groups in total. The van der Waals surface area contributed by atoms with E-state index >= 15 is 0 Å². The summed E-state index contributed by atoms with van der Waals surface area (Å²) in [4.78, 5) is 4.19. The molecule has 0 unspecified atom stereocenters. The first-order valence-corrected chi connectivity index (χ1v) is 5.77. The van der Waals surface area contributed by atoms with Crippen LogP contribution < -0.4 is 10.5 Å². The number of halogens is 2. The minimum Gasteiger partial charge on any atom is -0.438 e. The Kier molecular flexibility index (Phi) is 3.71. The van der Waals surface area contributed by atoms with E-state index in [0.29, 0.717) is 22.6 Å². The molecule has 0 saturated carbocycles. The molecular weight excluding hydrogens is 287 g/mol. The highest BCUT2D eigenvalue weighted by atomic mass is 79.9. The third-order valence-electron chi connectivity index (χ3n) is 2.10. The smallest absolute Gasteiger partial charge is 0.219 e. The van der Waals surface area contributed by atoms with Crippen molar-refractivity contribution in [1.29, 1.82) is 0 Å². The van der Waals surface area contributed by atoms with Crippen LogP contribution in [-0.4, -0.2) is 4.98 Å². The molecule has 5 heteroatoms. The Bertz CT molecular complexity index is 534. The number of ether oxygens (including phenoxy) is 1. The van der Waals surface area contributed by atoms with E-state index in [4.69, 9.17) is 10.5 Å². The van der Waals surface area contributed by atoms with Gasteiger partial charge in [-0.1, -0.05) is 6.07 Å². The molecule has 88 valence electrons. The van der Waals surface area contributed by atoms with Crippen molar-refractivity contribution in [3.8, 4) is 11.6 Å². The summed E-state index contributed by atoms with van der Waals surface area (Å²) < 4.78 is 19.0. The second-order valence-corrected chi connectivity index (χ2v) is 4.20. The number of nitrogens with zero attached hydrogens (tertiary/aromatic N) is 1. The molecule has 0 aliphatic carbocycles. The molecule has 2 rings (SSSR count). The normalized spacial score (nSPS) is 10.3. The van der Waals surface area contributed by atoms with Gasteiger partial charge in [-0.05, 0) is 40.2 Å². The molecule has 2 aromatic rings. The lowest BCUT2D eigenvalue weighted by Crippen LogP contribution is -2.00. The Balaban J connectivity index is 2.25. The van der Waals surface area contributed by atoms with E-state index in [9.17, 15) is 4.39 Å². The van der Waals surface area contributed by atoms with E-state index in [1.165, 1.54) is 18.2 Å². The highest BCUT2D eigenvalue weighted by Gasteiger charge is 2.05. The molecule has 0 aliphatic heterocycles. The predicted molar refractivity (Wildman–Crippen MR) is 66.3 cm³/mol. The summed E-state index contributed by atoms with van der Waals surface area (Å²) in [5, 5.41) is 0. The maximum Gasteiger partial charge on any atom is 0.219 e. The maximum absolute atomic E-state index is 12.9. The highest BCUT2D eigenvalue weighted by Crippen LogP contribution is 2.29. The number of pyridine rings is 1. The summed E-state index contributed by atoms with van der Waals surface area (Å²) in [6.45, 7) is 0.349. The van der Waals surface area contributed by atoms with Gasteiger partial charge in [0, 0.05) is 12.6 Å². The molecule has 1 aromatic carbocycles. The molecule has 0 atom stereocenters. The Morgan fingerprint density at radius 3 is 2.82 bits per heavy atom. The highest BCUT2D eigenvalue weighted by molar-refractivity contribution is 9.10. The Hall–Kier alpha value is -1.46. The third kappa shape index (κ3) is 3.01. The van der Waals surface area contributed by atoms with Crippen LogP contribution in [-0.2, 0) is 6.54 Å². The molecule has 0 bridgehead atoms. The predicted octanol–water partition coefficient (Wildman–Crippen LogP) is 3.23. The number of hydrogen-bond donors (Lipinski definition) is 1. The number of hydrogen-bond acceptors (Lipinski definition) is 3. The van der Waals surface area contributed by atoms with Crippen LogP contribution >= 0.6 is 15.9 Å². The van der Waals surface area contributed by atoms with Crippen molar-refractivity contribution in [3.63, 3.8) is 0 Å². The molecule has 1 heterocycles. The minimum atomic E-state index is -0.326. The average Bonchev–Trinajstić information content (AvgIpc) is 2.33. The van der Waals surface area contributed by atoms with Gasteiger partial charge in [0.1, 0.15) is 11.6 Å². The van der Waals surface area contributed by atoms with Gasteiger partial charge in [-0.15, -0.1) is 0 Å². The summed E-state index contributed by atoms with van der Waals surface area (Å²) in [6, 6.07) is 9.54. The standard InChI is InChI=1S/C12H10BrFN2O/c13-10-6-8(14)4-5-11(10)17-12-3-1-2-9(7-15)16-12/h1-6H,7,15H2. The monoisotopic (exact) mass is 296 g/mol. The van der Waals surface area contributed by atoms with Crippen LogP contribution in [0.15, 0.2) is 40.9 Å². The van der Waals surface area contributed by atoms with E-state index in [-0.39, 0.29) is 5.82 Å². The molecule has 1 aromatic heterocycles. The number of rotatable bonds is 3. The zero-order chi connectivity index (χ0) is 12.3. The Labute approximate surface area is 107 Å². The van der Waals surface area contributed by atoms with E-state index in [2.05, 4.69) is 20.9 Å². The maximum atomic E-state index is 12.9. The van der Waals surface area contributed by atoms with Crippen LogP contribution in [0.2, 0.25) is 0 Å². The largest absolute Gasteiger partial charge is 0.438 e.